The molecule has 150 valence electrons. The molecule has 0 saturated carbocycles. The molecule has 0 aliphatic carbocycles. The van der Waals surface area contributed by atoms with Crippen LogP contribution in [0.5, 0.6) is 0 Å². The maximum atomic E-state index is 13.5. The third kappa shape index (κ3) is 3.56. The Morgan fingerprint density at radius 3 is 2.55 bits per heavy atom. The number of benzene rings is 2. The lowest BCUT2D eigenvalue weighted by Crippen LogP contribution is -2.37. The first-order valence-corrected chi connectivity index (χ1v) is 9.82. The topological polar surface area (TPSA) is 49.9 Å². The lowest BCUT2D eigenvalue weighted by Gasteiger charge is -2.32. The first kappa shape index (κ1) is 19.3. The maximum Gasteiger partial charge on any atom is 0.278 e. The highest BCUT2D eigenvalue weighted by Crippen LogP contribution is 2.37. The SMILES string of the molecule is COCCCN1C(=O)C(c2ccc(F)cc2)=C(N2CCCc3ccccc32)C1=O. The van der Waals surface area contributed by atoms with Crippen molar-refractivity contribution in [1.82, 2.24) is 4.90 Å². The second-order valence-corrected chi connectivity index (χ2v) is 7.22. The molecule has 0 atom stereocenters. The molecule has 0 saturated heterocycles. The Kier molecular flexibility index (Phi) is 5.45. The van der Waals surface area contributed by atoms with Gasteiger partial charge in [0.2, 0.25) is 0 Å². The molecule has 0 bridgehead atoms. The van der Waals surface area contributed by atoms with Crippen molar-refractivity contribution in [2.24, 2.45) is 0 Å². The second kappa shape index (κ2) is 8.17. The normalized spacial score (nSPS) is 16.6. The zero-order valence-corrected chi connectivity index (χ0v) is 16.4. The van der Waals surface area contributed by atoms with Gasteiger partial charge in [0, 0.05) is 32.5 Å². The van der Waals surface area contributed by atoms with Crippen LogP contribution in [0.15, 0.2) is 54.2 Å². The number of halogens is 1. The van der Waals surface area contributed by atoms with E-state index in [2.05, 4.69) is 6.07 Å². The molecule has 0 fully saturated rings. The van der Waals surface area contributed by atoms with Gasteiger partial charge >= 0.3 is 0 Å². The van der Waals surface area contributed by atoms with E-state index in [9.17, 15) is 14.0 Å². The Morgan fingerprint density at radius 1 is 1.03 bits per heavy atom. The van der Waals surface area contributed by atoms with Crippen LogP contribution in [-0.2, 0) is 20.7 Å². The van der Waals surface area contributed by atoms with E-state index in [-0.39, 0.29) is 24.2 Å². The fraction of sp³-hybridized carbons (Fsp3) is 0.304. The number of rotatable bonds is 6. The molecule has 2 aromatic rings. The fourth-order valence-electron chi connectivity index (χ4n) is 4.03. The smallest absolute Gasteiger partial charge is 0.278 e. The summed E-state index contributed by atoms with van der Waals surface area (Å²) in [5.41, 5.74) is 3.38. The highest BCUT2D eigenvalue weighted by atomic mass is 19.1. The molecule has 29 heavy (non-hydrogen) atoms. The van der Waals surface area contributed by atoms with Crippen LogP contribution in [-0.4, -0.2) is 43.5 Å². The van der Waals surface area contributed by atoms with E-state index in [0.717, 1.165) is 24.1 Å². The molecule has 0 N–H and O–H groups in total. The Hall–Kier alpha value is -2.99. The molecular weight excluding hydrogens is 371 g/mol. The number of aryl methyl sites for hydroxylation is 1. The molecule has 6 heteroatoms. The molecule has 0 radical (unpaired) electrons. The van der Waals surface area contributed by atoms with Crippen molar-refractivity contribution in [2.75, 3.05) is 31.7 Å². The zero-order valence-electron chi connectivity index (χ0n) is 16.4. The second-order valence-electron chi connectivity index (χ2n) is 7.22. The van der Waals surface area contributed by atoms with Crippen LogP contribution in [0, 0.1) is 5.82 Å². The van der Waals surface area contributed by atoms with Crippen LogP contribution in [0.25, 0.3) is 5.57 Å². The lowest BCUT2D eigenvalue weighted by atomic mass is 9.98. The van der Waals surface area contributed by atoms with E-state index in [1.54, 1.807) is 19.2 Å². The van der Waals surface area contributed by atoms with Crippen molar-refractivity contribution in [1.29, 1.82) is 0 Å². The van der Waals surface area contributed by atoms with Gasteiger partial charge in [0.15, 0.2) is 0 Å². The third-order valence-corrected chi connectivity index (χ3v) is 5.39. The minimum atomic E-state index is -0.382. The average molecular weight is 394 g/mol. The van der Waals surface area contributed by atoms with Crippen molar-refractivity contribution < 1.29 is 18.7 Å². The number of hydrogen-bond acceptors (Lipinski definition) is 4. The largest absolute Gasteiger partial charge is 0.385 e. The highest BCUT2D eigenvalue weighted by molar-refractivity contribution is 6.36. The van der Waals surface area contributed by atoms with Crippen molar-refractivity contribution in [3.05, 3.63) is 71.2 Å². The molecule has 2 amide bonds. The van der Waals surface area contributed by atoms with Crippen LogP contribution in [0.1, 0.15) is 24.0 Å². The summed E-state index contributed by atoms with van der Waals surface area (Å²) in [5.74, 6) is -1.02. The summed E-state index contributed by atoms with van der Waals surface area (Å²) < 4.78 is 18.5. The van der Waals surface area contributed by atoms with Gasteiger partial charge in [0.1, 0.15) is 11.5 Å². The van der Waals surface area contributed by atoms with Crippen LogP contribution in [0.4, 0.5) is 10.1 Å². The molecular formula is C23H23FN2O3. The molecule has 0 aromatic heterocycles. The van der Waals surface area contributed by atoms with E-state index in [1.165, 1.54) is 17.0 Å². The first-order chi connectivity index (χ1) is 14.1. The molecule has 2 heterocycles. The summed E-state index contributed by atoms with van der Waals surface area (Å²) in [6, 6.07) is 13.7. The predicted octanol–water partition coefficient (Wildman–Crippen LogP) is 3.39. The van der Waals surface area contributed by atoms with Gasteiger partial charge in [-0.3, -0.25) is 14.5 Å². The number of amides is 2. The van der Waals surface area contributed by atoms with Crippen molar-refractivity contribution in [3.8, 4) is 0 Å². The van der Waals surface area contributed by atoms with Gasteiger partial charge in [-0.25, -0.2) is 4.39 Å². The van der Waals surface area contributed by atoms with Gasteiger partial charge in [-0.2, -0.15) is 0 Å². The third-order valence-electron chi connectivity index (χ3n) is 5.39. The maximum absolute atomic E-state index is 13.5. The van der Waals surface area contributed by atoms with Crippen molar-refractivity contribution in [2.45, 2.75) is 19.3 Å². The van der Waals surface area contributed by atoms with E-state index < -0.39 is 0 Å². The molecule has 0 spiro atoms. The molecule has 4 rings (SSSR count). The van der Waals surface area contributed by atoms with Crippen LogP contribution in [0.2, 0.25) is 0 Å². The molecule has 0 unspecified atom stereocenters. The lowest BCUT2D eigenvalue weighted by molar-refractivity contribution is -0.137. The number of hydrogen-bond donors (Lipinski definition) is 0. The minimum Gasteiger partial charge on any atom is -0.385 e. The minimum absolute atomic E-state index is 0.287. The molecule has 2 aliphatic rings. The number of carbonyl (C=O) groups excluding carboxylic acids is 2. The summed E-state index contributed by atoms with van der Waals surface area (Å²) in [5, 5.41) is 0. The number of para-hydroxylation sites is 1. The van der Waals surface area contributed by atoms with E-state index in [4.69, 9.17) is 4.74 Å². The van der Waals surface area contributed by atoms with Gasteiger partial charge in [0.05, 0.1) is 5.57 Å². The number of ether oxygens (including phenoxy) is 1. The monoisotopic (exact) mass is 394 g/mol. The predicted molar refractivity (Wildman–Crippen MR) is 109 cm³/mol. The summed E-state index contributed by atoms with van der Waals surface area (Å²) in [6.07, 6.45) is 2.39. The number of imide groups is 1. The molecule has 5 nitrogen and oxygen atoms in total. The summed E-state index contributed by atoms with van der Waals surface area (Å²) in [7, 11) is 1.59. The number of methoxy groups -OCH3 is 1. The summed E-state index contributed by atoms with van der Waals surface area (Å²) in [4.78, 5) is 29.8. The number of nitrogens with zero attached hydrogens (tertiary/aromatic N) is 2. The summed E-state index contributed by atoms with van der Waals surface area (Å²) >= 11 is 0. The molecule has 2 aliphatic heterocycles. The van der Waals surface area contributed by atoms with E-state index in [1.807, 2.05) is 23.1 Å². The standard InChI is InChI=1S/C23H23FN2O3/c1-29-15-5-14-26-22(27)20(17-9-11-18(24)12-10-17)21(23(26)28)25-13-4-7-16-6-2-3-8-19(16)25/h2-3,6,8-12H,4-5,7,13-15H2,1H3. The zero-order chi connectivity index (χ0) is 20.4. The Labute approximate surface area is 169 Å². The Balaban J connectivity index is 1.81. The van der Waals surface area contributed by atoms with Gasteiger partial charge in [0.25, 0.3) is 11.8 Å². The van der Waals surface area contributed by atoms with Crippen LogP contribution < -0.4 is 4.90 Å². The Morgan fingerprint density at radius 2 is 1.79 bits per heavy atom. The van der Waals surface area contributed by atoms with Crippen molar-refractivity contribution >= 4 is 23.1 Å². The summed E-state index contributed by atoms with van der Waals surface area (Å²) in [6.45, 7) is 1.40. The fourth-order valence-corrected chi connectivity index (χ4v) is 4.03. The number of anilines is 1. The number of carbonyl (C=O) groups is 2. The average Bonchev–Trinajstić information content (AvgIpc) is 2.98. The van der Waals surface area contributed by atoms with Gasteiger partial charge in [-0.1, -0.05) is 30.3 Å². The number of fused-ring (bicyclic) bond motifs is 1. The Bertz CT molecular complexity index is 968. The van der Waals surface area contributed by atoms with Crippen LogP contribution in [0.3, 0.4) is 0 Å². The van der Waals surface area contributed by atoms with Gasteiger partial charge in [-0.15, -0.1) is 0 Å². The first-order valence-electron chi connectivity index (χ1n) is 9.82. The van der Waals surface area contributed by atoms with Crippen molar-refractivity contribution in [3.63, 3.8) is 0 Å². The van der Waals surface area contributed by atoms with Gasteiger partial charge < -0.3 is 9.64 Å². The van der Waals surface area contributed by atoms with Crippen LogP contribution >= 0.6 is 0 Å². The van der Waals surface area contributed by atoms with E-state index in [0.29, 0.717) is 36.4 Å². The van der Waals surface area contributed by atoms with E-state index >= 15 is 0 Å². The highest BCUT2D eigenvalue weighted by Gasteiger charge is 2.42. The van der Waals surface area contributed by atoms with Gasteiger partial charge in [-0.05, 0) is 48.6 Å². The molecule has 2 aromatic carbocycles. The quantitative estimate of drug-likeness (QED) is 0.557.